The minimum atomic E-state index is -0.298. The second kappa shape index (κ2) is 8.42. The van der Waals surface area contributed by atoms with Crippen LogP contribution < -0.4 is 10.1 Å². The zero-order valence-electron chi connectivity index (χ0n) is 16.1. The number of benzene rings is 2. The molecule has 1 aliphatic heterocycles. The number of carbonyl (C=O) groups excluding carboxylic acids is 3. The molecule has 0 unspecified atom stereocenters. The number of amides is 3. The van der Waals surface area contributed by atoms with Gasteiger partial charge in [-0.25, -0.2) is 0 Å². The van der Waals surface area contributed by atoms with Crippen LogP contribution in [0.2, 0.25) is 0 Å². The van der Waals surface area contributed by atoms with Gasteiger partial charge in [0.25, 0.3) is 11.8 Å². The van der Waals surface area contributed by atoms with Gasteiger partial charge in [-0.1, -0.05) is 35.6 Å². The number of nitrogens with zero attached hydrogens (tertiary/aromatic N) is 3. The summed E-state index contributed by atoms with van der Waals surface area (Å²) in [5, 5.41) is 11.8. The number of hydrogen-bond acceptors (Lipinski definition) is 7. The SMILES string of the molecule is COc1ccc(CC(=O)Nc2nnc(CCN3C(=O)c4ccccc4C3=O)s2)cc1. The van der Waals surface area contributed by atoms with Crippen molar-refractivity contribution in [2.24, 2.45) is 0 Å². The molecule has 1 N–H and O–H groups in total. The van der Waals surface area contributed by atoms with Crippen molar-refractivity contribution in [2.75, 3.05) is 19.0 Å². The van der Waals surface area contributed by atoms with Gasteiger partial charge in [-0.15, -0.1) is 10.2 Å². The highest BCUT2D eigenvalue weighted by Gasteiger charge is 2.34. The van der Waals surface area contributed by atoms with Gasteiger partial charge < -0.3 is 10.1 Å². The molecule has 0 saturated carbocycles. The Balaban J connectivity index is 1.32. The van der Waals surface area contributed by atoms with Gasteiger partial charge in [0, 0.05) is 13.0 Å². The number of aromatic nitrogens is 2. The van der Waals surface area contributed by atoms with E-state index in [0.29, 0.717) is 27.7 Å². The van der Waals surface area contributed by atoms with Gasteiger partial charge in [-0.3, -0.25) is 19.3 Å². The first-order chi connectivity index (χ1) is 14.5. The summed E-state index contributed by atoms with van der Waals surface area (Å²) in [7, 11) is 1.59. The lowest BCUT2D eigenvalue weighted by atomic mass is 10.1. The quantitative estimate of drug-likeness (QED) is 0.587. The topological polar surface area (TPSA) is 101 Å². The highest BCUT2D eigenvalue weighted by molar-refractivity contribution is 7.15. The standard InChI is InChI=1S/C21H18N4O4S/c1-29-14-8-6-13(7-9-14)12-17(26)22-21-24-23-18(30-21)10-11-25-19(27)15-4-2-3-5-16(15)20(25)28/h2-9H,10-12H2,1H3,(H,22,24,26). The summed E-state index contributed by atoms with van der Waals surface area (Å²) in [6.07, 6.45) is 0.575. The van der Waals surface area contributed by atoms with Crippen LogP contribution in [0.4, 0.5) is 5.13 Å². The van der Waals surface area contributed by atoms with Crippen LogP contribution in [0, 0.1) is 0 Å². The third-order valence-corrected chi connectivity index (χ3v) is 5.56. The molecule has 0 spiro atoms. The normalized spacial score (nSPS) is 12.8. The van der Waals surface area contributed by atoms with Gasteiger partial charge in [0.15, 0.2) is 0 Å². The molecule has 30 heavy (non-hydrogen) atoms. The van der Waals surface area contributed by atoms with Crippen LogP contribution in [0.3, 0.4) is 0 Å². The molecule has 1 aromatic heterocycles. The number of ether oxygens (including phenoxy) is 1. The third kappa shape index (κ3) is 4.06. The molecule has 0 atom stereocenters. The van der Waals surface area contributed by atoms with E-state index < -0.39 is 0 Å². The monoisotopic (exact) mass is 422 g/mol. The van der Waals surface area contributed by atoms with Crippen molar-refractivity contribution in [1.29, 1.82) is 0 Å². The number of imide groups is 1. The number of nitrogens with one attached hydrogen (secondary N) is 1. The Hall–Kier alpha value is -3.59. The second-order valence-electron chi connectivity index (χ2n) is 6.63. The first-order valence-electron chi connectivity index (χ1n) is 9.25. The highest BCUT2D eigenvalue weighted by atomic mass is 32.1. The van der Waals surface area contributed by atoms with Crippen LogP contribution in [-0.4, -0.2) is 46.5 Å². The number of anilines is 1. The molecule has 8 nitrogen and oxygen atoms in total. The van der Waals surface area contributed by atoms with Crippen molar-refractivity contribution in [2.45, 2.75) is 12.8 Å². The van der Waals surface area contributed by atoms with Gasteiger partial charge >= 0.3 is 0 Å². The third-order valence-electron chi connectivity index (χ3n) is 4.66. The molecule has 0 radical (unpaired) electrons. The van der Waals surface area contributed by atoms with E-state index >= 15 is 0 Å². The van der Waals surface area contributed by atoms with Crippen molar-refractivity contribution in [3.05, 3.63) is 70.2 Å². The number of methoxy groups -OCH3 is 1. The lowest BCUT2D eigenvalue weighted by Gasteiger charge is -2.12. The lowest BCUT2D eigenvalue weighted by molar-refractivity contribution is -0.115. The van der Waals surface area contributed by atoms with Crippen molar-refractivity contribution in [1.82, 2.24) is 15.1 Å². The molecule has 0 aliphatic carbocycles. The smallest absolute Gasteiger partial charge is 0.261 e. The van der Waals surface area contributed by atoms with E-state index in [1.54, 1.807) is 43.5 Å². The minimum absolute atomic E-state index is 0.202. The van der Waals surface area contributed by atoms with E-state index in [4.69, 9.17) is 4.74 Å². The molecule has 3 aromatic rings. The van der Waals surface area contributed by atoms with Crippen LogP contribution in [0.1, 0.15) is 31.3 Å². The van der Waals surface area contributed by atoms with Gasteiger partial charge in [0.05, 0.1) is 24.7 Å². The first kappa shape index (κ1) is 19.7. The van der Waals surface area contributed by atoms with Crippen LogP contribution in [0.15, 0.2) is 48.5 Å². The number of hydrogen-bond donors (Lipinski definition) is 1. The lowest BCUT2D eigenvalue weighted by Crippen LogP contribution is -2.31. The maximum absolute atomic E-state index is 12.4. The number of carbonyl (C=O) groups is 3. The molecule has 4 rings (SSSR count). The molecule has 3 amide bonds. The van der Waals surface area contributed by atoms with Gasteiger partial charge in [0.1, 0.15) is 10.8 Å². The predicted octanol–water partition coefficient (Wildman–Crippen LogP) is 2.57. The average Bonchev–Trinajstić information content (AvgIpc) is 3.30. The van der Waals surface area contributed by atoms with Gasteiger partial charge in [-0.2, -0.15) is 0 Å². The Morgan fingerprint density at radius 1 is 1.03 bits per heavy atom. The van der Waals surface area contributed by atoms with Crippen LogP contribution in [0.5, 0.6) is 5.75 Å². The summed E-state index contributed by atoms with van der Waals surface area (Å²) in [4.78, 5) is 38.2. The molecule has 0 bridgehead atoms. The fraction of sp³-hybridized carbons (Fsp3) is 0.190. The Labute approximate surface area is 176 Å². The van der Waals surface area contributed by atoms with Crippen molar-refractivity contribution in [3.63, 3.8) is 0 Å². The van der Waals surface area contributed by atoms with Crippen molar-refractivity contribution in [3.8, 4) is 5.75 Å². The Bertz CT molecular complexity index is 1080. The minimum Gasteiger partial charge on any atom is -0.497 e. The van der Waals surface area contributed by atoms with E-state index in [2.05, 4.69) is 15.5 Å². The van der Waals surface area contributed by atoms with Crippen LogP contribution >= 0.6 is 11.3 Å². The Morgan fingerprint density at radius 2 is 1.70 bits per heavy atom. The first-order valence-corrected chi connectivity index (χ1v) is 10.1. The predicted molar refractivity (Wildman–Crippen MR) is 111 cm³/mol. The molecular formula is C21H18N4O4S. The van der Waals surface area contributed by atoms with Crippen molar-refractivity contribution >= 4 is 34.2 Å². The van der Waals surface area contributed by atoms with E-state index in [1.165, 1.54) is 16.2 Å². The number of fused-ring (bicyclic) bond motifs is 1. The van der Waals surface area contributed by atoms with Crippen molar-refractivity contribution < 1.29 is 19.1 Å². The fourth-order valence-corrected chi connectivity index (χ4v) is 3.89. The van der Waals surface area contributed by atoms with Crippen LogP contribution in [-0.2, 0) is 17.6 Å². The summed E-state index contributed by atoms with van der Waals surface area (Å²) in [5.41, 5.74) is 1.70. The summed E-state index contributed by atoms with van der Waals surface area (Å²) in [6, 6.07) is 14.0. The maximum atomic E-state index is 12.4. The molecule has 0 fully saturated rings. The van der Waals surface area contributed by atoms with E-state index in [0.717, 1.165) is 11.3 Å². The summed E-state index contributed by atoms with van der Waals surface area (Å²) < 4.78 is 5.10. The zero-order valence-corrected chi connectivity index (χ0v) is 16.9. The molecule has 1 aliphatic rings. The second-order valence-corrected chi connectivity index (χ2v) is 7.69. The van der Waals surface area contributed by atoms with E-state index in [-0.39, 0.29) is 30.7 Å². The average molecular weight is 422 g/mol. The molecule has 2 heterocycles. The Kier molecular flexibility index (Phi) is 5.53. The zero-order chi connectivity index (χ0) is 21.1. The molecule has 0 saturated heterocycles. The summed E-state index contributed by atoms with van der Waals surface area (Å²) in [6.45, 7) is 0.209. The largest absolute Gasteiger partial charge is 0.497 e. The fourth-order valence-electron chi connectivity index (χ4n) is 3.15. The highest BCUT2D eigenvalue weighted by Crippen LogP contribution is 2.23. The van der Waals surface area contributed by atoms with E-state index in [1.807, 2.05) is 12.1 Å². The number of rotatable bonds is 7. The summed E-state index contributed by atoms with van der Waals surface area (Å²) >= 11 is 1.22. The summed E-state index contributed by atoms with van der Waals surface area (Å²) in [5.74, 6) is -0.0736. The van der Waals surface area contributed by atoms with Crippen LogP contribution in [0.25, 0.3) is 0 Å². The molecule has 152 valence electrons. The molecule has 2 aromatic carbocycles. The van der Waals surface area contributed by atoms with E-state index in [9.17, 15) is 14.4 Å². The molecular weight excluding hydrogens is 404 g/mol. The molecule has 9 heteroatoms. The Morgan fingerprint density at radius 3 is 2.33 bits per heavy atom. The van der Waals surface area contributed by atoms with Gasteiger partial charge in [0.2, 0.25) is 11.0 Å². The van der Waals surface area contributed by atoms with Gasteiger partial charge in [-0.05, 0) is 29.8 Å². The maximum Gasteiger partial charge on any atom is 0.261 e.